The highest BCUT2D eigenvalue weighted by Gasteiger charge is 2.25. The van der Waals surface area contributed by atoms with E-state index in [9.17, 15) is 0 Å². The van der Waals surface area contributed by atoms with Crippen molar-refractivity contribution in [2.75, 3.05) is 0 Å². The number of hydrogen-bond acceptors (Lipinski definition) is 4. The number of halogens is 1. The molecule has 0 N–H and O–H groups in total. The Morgan fingerprint density at radius 1 is 0.769 bits per heavy atom. The Bertz CT molecular complexity index is 1180. The summed E-state index contributed by atoms with van der Waals surface area (Å²) in [7, 11) is 0. The lowest BCUT2D eigenvalue weighted by Crippen LogP contribution is -2.05. The molecule has 0 bridgehead atoms. The summed E-state index contributed by atoms with van der Waals surface area (Å²) in [6.45, 7) is 4.83. The Hall–Kier alpha value is -1.98. The lowest BCUT2D eigenvalue weighted by molar-refractivity contribution is 0.529. The second-order valence-electron chi connectivity index (χ2n) is 11.1. The number of aliphatic imine (C=N–C) groups is 1. The van der Waals surface area contributed by atoms with Gasteiger partial charge in [-0.3, -0.25) is 9.56 Å². The third-order valence-corrected chi connectivity index (χ3v) is 9.41. The smallest absolute Gasteiger partial charge is 0.160 e. The van der Waals surface area contributed by atoms with Gasteiger partial charge in [-0.25, -0.2) is 0 Å². The van der Waals surface area contributed by atoms with Crippen LogP contribution in [0.2, 0.25) is 5.02 Å². The third-order valence-electron chi connectivity index (χ3n) is 7.90. The summed E-state index contributed by atoms with van der Waals surface area (Å²) in [4.78, 5) is 6.37. The van der Waals surface area contributed by atoms with E-state index in [1.54, 1.807) is 0 Å². The Balaban J connectivity index is 1.18. The van der Waals surface area contributed by atoms with Crippen LogP contribution in [-0.2, 0) is 13.0 Å². The molecule has 0 atom stereocenters. The van der Waals surface area contributed by atoms with Crippen molar-refractivity contribution < 1.29 is 0 Å². The molecule has 4 nitrogen and oxygen atoms in total. The maximum Gasteiger partial charge on any atom is 0.160 e. The van der Waals surface area contributed by atoms with Gasteiger partial charge in [0.05, 0.1) is 5.71 Å². The van der Waals surface area contributed by atoms with Crippen molar-refractivity contribution in [3.63, 3.8) is 0 Å². The molecule has 4 rings (SSSR count). The fourth-order valence-electron chi connectivity index (χ4n) is 5.63. The molecule has 0 saturated heterocycles. The molecule has 39 heavy (non-hydrogen) atoms. The fraction of sp³-hybridized carbons (Fsp3) is 0.606. The van der Waals surface area contributed by atoms with Crippen molar-refractivity contribution in [3.8, 4) is 5.00 Å². The molecule has 212 valence electrons. The van der Waals surface area contributed by atoms with Gasteiger partial charge in [-0.1, -0.05) is 133 Å². The van der Waals surface area contributed by atoms with Gasteiger partial charge in [-0.2, -0.15) is 0 Å². The number of unbranched alkanes of at least 4 members (excludes halogenated alkanes) is 15. The van der Waals surface area contributed by atoms with E-state index in [0.717, 1.165) is 39.9 Å². The highest BCUT2D eigenvalue weighted by molar-refractivity contribution is 7.15. The van der Waals surface area contributed by atoms with E-state index in [-0.39, 0.29) is 0 Å². The normalized spacial score (nSPS) is 12.7. The van der Waals surface area contributed by atoms with Gasteiger partial charge in [0, 0.05) is 21.0 Å². The van der Waals surface area contributed by atoms with Crippen LogP contribution < -0.4 is 0 Å². The lowest BCUT2D eigenvalue weighted by Gasteiger charge is -2.08. The van der Waals surface area contributed by atoms with Crippen LogP contribution >= 0.6 is 22.9 Å². The van der Waals surface area contributed by atoms with Gasteiger partial charge in [0.1, 0.15) is 17.4 Å². The summed E-state index contributed by atoms with van der Waals surface area (Å²) in [5, 5.41) is 10.7. The van der Waals surface area contributed by atoms with Crippen molar-refractivity contribution in [2.24, 2.45) is 4.99 Å². The van der Waals surface area contributed by atoms with E-state index in [4.69, 9.17) is 16.6 Å². The number of rotatable bonds is 18. The largest absolute Gasteiger partial charge is 0.276 e. The molecule has 0 amide bonds. The number of thiophene rings is 1. The molecular weight excluding hydrogens is 520 g/mol. The first kappa shape index (κ1) is 30.0. The molecule has 0 unspecified atom stereocenters. The van der Waals surface area contributed by atoms with Crippen molar-refractivity contribution in [2.45, 2.75) is 130 Å². The predicted molar refractivity (Wildman–Crippen MR) is 168 cm³/mol. The molecule has 0 radical (unpaired) electrons. The van der Waals surface area contributed by atoms with Gasteiger partial charge in [0.15, 0.2) is 5.82 Å². The number of fused-ring (bicyclic) bond motifs is 3. The molecule has 0 fully saturated rings. The molecule has 6 heteroatoms. The minimum absolute atomic E-state index is 0.511. The number of benzene rings is 1. The highest BCUT2D eigenvalue weighted by Crippen LogP contribution is 2.35. The second kappa shape index (κ2) is 16.3. The predicted octanol–water partition coefficient (Wildman–Crippen LogP) is 10.4. The van der Waals surface area contributed by atoms with Crippen LogP contribution in [0.15, 0.2) is 35.3 Å². The van der Waals surface area contributed by atoms with Crippen LogP contribution in [0.1, 0.15) is 137 Å². The average Bonchev–Trinajstić information content (AvgIpc) is 3.48. The Morgan fingerprint density at radius 2 is 1.36 bits per heavy atom. The Morgan fingerprint density at radius 3 is 1.97 bits per heavy atom. The highest BCUT2D eigenvalue weighted by atomic mass is 35.5. The van der Waals surface area contributed by atoms with Gasteiger partial charge >= 0.3 is 0 Å². The van der Waals surface area contributed by atoms with Gasteiger partial charge in [0.25, 0.3) is 0 Å². The zero-order valence-electron chi connectivity index (χ0n) is 24.2. The van der Waals surface area contributed by atoms with E-state index >= 15 is 0 Å². The minimum atomic E-state index is 0.511. The minimum Gasteiger partial charge on any atom is -0.276 e. The number of aryl methyl sites for hydroxylation is 2. The van der Waals surface area contributed by atoms with Crippen molar-refractivity contribution in [3.05, 3.63) is 63.0 Å². The Kier molecular flexibility index (Phi) is 12.6. The quantitative estimate of drug-likeness (QED) is 0.144. The van der Waals surface area contributed by atoms with Crippen molar-refractivity contribution in [1.29, 1.82) is 0 Å². The summed E-state index contributed by atoms with van der Waals surface area (Å²) in [6.07, 6.45) is 23.5. The molecule has 3 heterocycles. The summed E-state index contributed by atoms with van der Waals surface area (Å²) >= 11 is 8.46. The fourth-order valence-corrected chi connectivity index (χ4v) is 7.12. The number of nitrogens with zero attached hydrogens (tertiary/aromatic N) is 4. The number of hydrogen-bond donors (Lipinski definition) is 0. The van der Waals surface area contributed by atoms with E-state index < -0.39 is 0 Å². The van der Waals surface area contributed by atoms with E-state index in [1.165, 1.54) is 113 Å². The van der Waals surface area contributed by atoms with Gasteiger partial charge in [-0.05, 0) is 31.9 Å². The third kappa shape index (κ3) is 8.75. The van der Waals surface area contributed by atoms with Crippen LogP contribution in [-0.4, -0.2) is 20.5 Å². The first-order valence-corrected chi connectivity index (χ1v) is 16.7. The molecule has 1 aliphatic rings. The molecule has 1 aromatic carbocycles. The molecule has 2 aromatic heterocycles. The van der Waals surface area contributed by atoms with Crippen LogP contribution in [0.25, 0.3) is 5.00 Å². The average molecular weight is 567 g/mol. The molecule has 0 saturated carbocycles. The van der Waals surface area contributed by atoms with E-state index in [2.05, 4.69) is 33.8 Å². The SMILES string of the molecule is CCCCCCCCCCCCCCCCCCc1cc2c(s1)-n1c(C)nnc1CN=C2c1ccccc1Cl. The lowest BCUT2D eigenvalue weighted by atomic mass is 10.0. The van der Waals surface area contributed by atoms with Gasteiger partial charge in [-0.15, -0.1) is 21.5 Å². The first-order valence-electron chi connectivity index (χ1n) is 15.5. The van der Waals surface area contributed by atoms with E-state index in [1.807, 2.05) is 36.5 Å². The molecule has 3 aromatic rings. The standard InChI is InChI=1S/C33H47ClN4S/c1-3-4-5-6-7-8-9-10-11-12-13-14-15-16-17-18-21-27-24-29-32(28-22-19-20-23-30(28)34)35-25-31-37-36-26(2)38(31)33(29)39-27/h19-20,22-24H,3-18,21,25H2,1-2H3. The summed E-state index contributed by atoms with van der Waals surface area (Å²) in [5.41, 5.74) is 3.11. The molecule has 1 aliphatic heterocycles. The topological polar surface area (TPSA) is 43.1 Å². The molecule has 0 spiro atoms. The second-order valence-corrected chi connectivity index (χ2v) is 12.7. The maximum atomic E-state index is 6.60. The van der Waals surface area contributed by atoms with Crippen molar-refractivity contribution >= 4 is 28.6 Å². The monoisotopic (exact) mass is 566 g/mol. The zero-order valence-corrected chi connectivity index (χ0v) is 25.8. The van der Waals surface area contributed by atoms with Crippen LogP contribution in [0, 0.1) is 6.92 Å². The number of aromatic nitrogens is 3. The zero-order chi connectivity index (χ0) is 27.3. The molecular formula is C33H47ClN4S. The Labute approximate surface area is 245 Å². The first-order chi connectivity index (χ1) is 19.2. The van der Waals surface area contributed by atoms with Crippen LogP contribution in [0.5, 0.6) is 0 Å². The summed E-state index contributed by atoms with van der Waals surface area (Å²) in [6, 6.07) is 10.3. The van der Waals surface area contributed by atoms with Crippen molar-refractivity contribution in [1.82, 2.24) is 14.8 Å². The van der Waals surface area contributed by atoms with E-state index in [0.29, 0.717) is 6.54 Å². The maximum absolute atomic E-state index is 6.60. The summed E-state index contributed by atoms with van der Waals surface area (Å²) < 4.78 is 2.18. The van der Waals surface area contributed by atoms with Gasteiger partial charge in [0.2, 0.25) is 0 Å². The molecule has 0 aliphatic carbocycles. The van der Waals surface area contributed by atoms with Gasteiger partial charge < -0.3 is 0 Å². The van der Waals surface area contributed by atoms with Crippen LogP contribution in [0.4, 0.5) is 0 Å². The summed E-state index contributed by atoms with van der Waals surface area (Å²) in [5.74, 6) is 1.81. The van der Waals surface area contributed by atoms with Crippen LogP contribution in [0.3, 0.4) is 0 Å².